The first-order valence-electron chi connectivity index (χ1n) is 9.82. The molecule has 2 N–H and O–H groups in total. The van der Waals surface area contributed by atoms with Gasteiger partial charge >= 0.3 is 0 Å². The third-order valence-corrected chi connectivity index (χ3v) is 5.61. The molecule has 1 aromatic carbocycles. The van der Waals surface area contributed by atoms with Gasteiger partial charge < -0.3 is 15.4 Å². The van der Waals surface area contributed by atoms with Gasteiger partial charge in [0, 0.05) is 17.0 Å². The minimum atomic E-state index is -0.333. The molecule has 0 unspecified atom stereocenters. The van der Waals surface area contributed by atoms with Crippen molar-refractivity contribution >= 4 is 29.2 Å². The molecule has 1 aliphatic carbocycles. The molecule has 1 aromatic heterocycles. The van der Waals surface area contributed by atoms with Gasteiger partial charge in [0.1, 0.15) is 11.4 Å². The summed E-state index contributed by atoms with van der Waals surface area (Å²) in [7, 11) is 1.57. The van der Waals surface area contributed by atoms with Gasteiger partial charge in [-0.25, -0.2) is 0 Å². The highest BCUT2D eigenvalue weighted by Crippen LogP contribution is 2.19. The number of rotatable bonds is 8. The van der Waals surface area contributed by atoms with E-state index >= 15 is 0 Å². The number of amides is 2. The molecule has 0 spiro atoms. The second-order valence-corrected chi connectivity index (χ2v) is 7.85. The zero-order chi connectivity index (χ0) is 20.5. The Bertz CT molecular complexity index is 883. The topological polar surface area (TPSA) is 67.4 Å². The van der Waals surface area contributed by atoms with Crippen LogP contribution in [0, 0.1) is 0 Å². The predicted octanol–water partition coefficient (Wildman–Crippen LogP) is 4.53. The first kappa shape index (κ1) is 20.9. The standard InChI is InChI=1S/C23H26N2O3S/c1-28-19-11-9-18(10-12-19)22(26)25-21(16-20-8-5-15-29-20)23(27)24-14-13-17-6-3-2-4-7-17/h5-6,8-12,15-16H,2-4,7,13-14H2,1H3,(H,24,27)(H,25,26)/b21-16-. The number of thiophene rings is 1. The lowest BCUT2D eigenvalue weighted by molar-refractivity contribution is -0.117. The number of methoxy groups -OCH3 is 1. The molecular formula is C23H26N2O3S. The van der Waals surface area contributed by atoms with Crippen LogP contribution in [0.3, 0.4) is 0 Å². The lowest BCUT2D eigenvalue weighted by Crippen LogP contribution is -2.35. The minimum Gasteiger partial charge on any atom is -0.497 e. The first-order valence-corrected chi connectivity index (χ1v) is 10.7. The molecule has 0 saturated carbocycles. The zero-order valence-corrected chi connectivity index (χ0v) is 17.4. The molecule has 152 valence electrons. The number of benzene rings is 1. The first-order chi connectivity index (χ1) is 14.2. The van der Waals surface area contributed by atoms with Crippen molar-refractivity contribution in [2.24, 2.45) is 0 Å². The van der Waals surface area contributed by atoms with Crippen LogP contribution in [0.5, 0.6) is 5.75 Å². The number of allylic oxidation sites excluding steroid dienone is 1. The average Bonchev–Trinajstić information content (AvgIpc) is 3.27. The fourth-order valence-corrected chi connectivity index (χ4v) is 3.83. The van der Waals surface area contributed by atoms with Gasteiger partial charge in [-0.1, -0.05) is 17.7 Å². The third-order valence-electron chi connectivity index (χ3n) is 4.79. The van der Waals surface area contributed by atoms with Gasteiger partial charge in [0.25, 0.3) is 11.8 Å². The molecule has 3 rings (SSSR count). The van der Waals surface area contributed by atoms with Gasteiger partial charge in [-0.15, -0.1) is 11.3 Å². The van der Waals surface area contributed by atoms with Gasteiger partial charge in [-0.2, -0.15) is 0 Å². The van der Waals surface area contributed by atoms with Crippen molar-refractivity contribution in [2.45, 2.75) is 32.1 Å². The number of carbonyl (C=O) groups is 2. The second kappa shape index (κ2) is 10.6. The Hall–Kier alpha value is -2.86. The highest BCUT2D eigenvalue weighted by atomic mass is 32.1. The van der Waals surface area contributed by atoms with Gasteiger partial charge in [-0.3, -0.25) is 9.59 Å². The Kier molecular flexibility index (Phi) is 7.64. The van der Waals surface area contributed by atoms with E-state index in [9.17, 15) is 9.59 Å². The Morgan fingerprint density at radius 1 is 1.17 bits per heavy atom. The number of carbonyl (C=O) groups excluding carboxylic acids is 2. The molecule has 5 nitrogen and oxygen atoms in total. The summed E-state index contributed by atoms with van der Waals surface area (Å²) >= 11 is 1.51. The highest BCUT2D eigenvalue weighted by molar-refractivity contribution is 7.10. The summed E-state index contributed by atoms with van der Waals surface area (Å²) in [5.41, 5.74) is 2.11. The van der Waals surface area contributed by atoms with E-state index < -0.39 is 0 Å². The van der Waals surface area contributed by atoms with Crippen LogP contribution >= 0.6 is 11.3 Å². The van der Waals surface area contributed by atoms with E-state index in [1.807, 2.05) is 17.5 Å². The maximum atomic E-state index is 12.7. The van der Waals surface area contributed by atoms with Crippen LogP contribution in [0.15, 0.2) is 59.1 Å². The van der Waals surface area contributed by atoms with Crippen LogP contribution in [0.2, 0.25) is 0 Å². The maximum Gasteiger partial charge on any atom is 0.267 e. The SMILES string of the molecule is COc1ccc(C(=O)N/C(=C\c2cccs2)C(=O)NCCC2=CCCCC2)cc1. The molecule has 1 aliphatic rings. The third kappa shape index (κ3) is 6.32. The Morgan fingerprint density at radius 3 is 2.66 bits per heavy atom. The Morgan fingerprint density at radius 2 is 2.00 bits per heavy atom. The van der Waals surface area contributed by atoms with E-state index in [0.717, 1.165) is 24.1 Å². The molecule has 0 bridgehead atoms. The predicted molar refractivity (Wildman–Crippen MR) is 117 cm³/mol. The van der Waals surface area contributed by atoms with E-state index in [0.29, 0.717) is 17.9 Å². The van der Waals surface area contributed by atoms with Crippen LogP contribution in [0.1, 0.15) is 47.3 Å². The Balaban J connectivity index is 1.66. The van der Waals surface area contributed by atoms with Crippen LogP contribution in [0.25, 0.3) is 6.08 Å². The van der Waals surface area contributed by atoms with Crippen LogP contribution in [-0.4, -0.2) is 25.5 Å². The summed E-state index contributed by atoms with van der Waals surface area (Å²) in [6.45, 7) is 0.560. The summed E-state index contributed by atoms with van der Waals surface area (Å²) in [6.07, 6.45) is 9.56. The normalized spacial score (nSPS) is 14.1. The van der Waals surface area contributed by atoms with Crippen molar-refractivity contribution in [1.82, 2.24) is 10.6 Å². The molecule has 0 radical (unpaired) electrons. The molecular weight excluding hydrogens is 384 g/mol. The summed E-state index contributed by atoms with van der Waals surface area (Å²) in [4.78, 5) is 26.3. The summed E-state index contributed by atoms with van der Waals surface area (Å²) in [6, 6.07) is 10.6. The molecule has 0 atom stereocenters. The van der Waals surface area contributed by atoms with Crippen molar-refractivity contribution in [1.29, 1.82) is 0 Å². The quantitative estimate of drug-likeness (QED) is 0.496. The summed E-state index contributed by atoms with van der Waals surface area (Å²) < 4.78 is 5.12. The van der Waals surface area contributed by atoms with Crippen molar-refractivity contribution < 1.29 is 14.3 Å². The summed E-state index contributed by atoms with van der Waals surface area (Å²) in [5, 5.41) is 7.63. The molecule has 0 saturated heterocycles. The molecule has 29 heavy (non-hydrogen) atoms. The number of nitrogens with one attached hydrogen (secondary N) is 2. The van der Waals surface area contributed by atoms with E-state index in [4.69, 9.17) is 4.74 Å². The van der Waals surface area contributed by atoms with Crippen LogP contribution in [0.4, 0.5) is 0 Å². The molecule has 1 heterocycles. The Labute approximate surface area is 175 Å². The maximum absolute atomic E-state index is 12.7. The number of hydrogen-bond donors (Lipinski definition) is 2. The molecule has 2 amide bonds. The molecule has 2 aromatic rings. The molecule has 0 fully saturated rings. The number of ether oxygens (including phenoxy) is 1. The highest BCUT2D eigenvalue weighted by Gasteiger charge is 2.15. The summed E-state index contributed by atoms with van der Waals surface area (Å²) in [5.74, 6) is 0.0583. The van der Waals surface area contributed by atoms with Crippen molar-refractivity contribution in [3.05, 3.63) is 69.6 Å². The van der Waals surface area contributed by atoms with Gasteiger partial charge in [0.15, 0.2) is 0 Å². The zero-order valence-electron chi connectivity index (χ0n) is 16.6. The molecule has 0 aliphatic heterocycles. The number of hydrogen-bond acceptors (Lipinski definition) is 4. The van der Waals surface area contributed by atoms with Crippen molar-refractivity contribution in [2.75, 3.05) is 13.7 Å². The van der Waals surface area contributed by atoms with E-state index in [2.05, 4.69) is 16.7 Å². The lowest BCUT2D eigenvalue weighted by Gasteiger charge is -2.14. The van der Waals surface area contributed by atoms with Crippen LogP contribution < -0.4 is 15.4 Å². The van der Waals surface area contributed by atoms with Crippen LogP contribution in [-0.2, 0) is 4.79 Å². The minimum absolute atomic E-state index is 0.242. The lowest BCUT2D eigenvalue weighted by atomic mass is 9.97. The smallest absolute Gasteiger partial charge is 0.267 e. The largest absolute Gasteiger partial charge is 0.497 e. The van der Waals surface area contributed by atoms with Gasteiger partial charge in [-0.05, 0) is 73.9 Å². The monoisotopic (exact) mass is 410 g/mol. The fraction of sp³-hybridized carbons (Fsp3) is 0.304. The van der Waals surface area contributed by atoms with Gasteiger partial charge in [0.05, 0.1) is 7.11 Å². The fourth-order valence-electron chi connectivity index (χ4n) is 3.17. The second-order valence-electron chi connectivity index (χ2n) is 6.87. The van der Waals surface area contributed by atoms with Crippen molar-refractivity contribution in [3.8, 4) is 5.75 Å². The van der Waals surface area contributed by atoms with E-state index in [1.54, 1.807) is 37.5 Å². The molecule has 6 heteroatoms. The van der Waals surface area contributed by atoms with Crippen molar-refractivity contribution in [3.63, 3.8) is 0 Å². The average molecular weight is 411 g/mol. The van der Waals surface area contributed by atoms with Gasteiger partial charge in [0.2, 0.25) is 0 Å². The van der Waals surface area contributed by atoms with E-state index in [1.165, 1.54) is 29.8 Å². The van der Waals surface area contributed by atoms with E-state index in [-0.39, 0.29) is 17.5 Å².